The van der Waals surface area contributed by atoms with Gasteiger partial charge in [0.2, 0.25) is 5.91 Å². The summed E-state index contributed by atoms with van der Waals surface area (Å²) in [5.74, 6) is 0.403. The molecule has 2 N–H and O–H groups in total. The number of hydrogen-bond donors (Lipinski definition) is 1. The molecular formula is C14H17N5OS. The summed E-state index contributed by atoms with van der Waals surface area (Å²) in [7, 11) is 0. The number of rotatable bonds is 2. The number of nitrogens with two attached hydrogens (primary N) is 1. The fourth-order valence-corrected chi connectivity index (χ4v) is 3.23. The van der Waals surface area contributed by atoms with E-state index in [9.17, 15) is 4.79 Å². The number of thiazole rings is 1. The largest absolute Gasteiger partial charge is 0.375 e. The highest BCUT2D eigenvalue weighted by atomic mass is 32.1. The van der Waals surface area contributed by atoms with Crippen molar-refractivity contribution in [1.29, 1.82) is 0 Å². The smallest absolute Gasteiger partial charge is 0.219 e. The van der Waals surface area contributed by atoms with Crippen LogP contribution in [0.15, 0.2) is 18.6 Å². The molecule has 0 unspecified atom stereocenters. The Bertz CT molecular complexity index is 639. The number of amides is 1. The second-order valence-electron chi connectivity index (χ2n) is 5.19. The average molecular weight is 303 g/mol. The van der Waals surface area contributed by atoms with Gasteiger partial charge in [-0.1, -0.05) is 11.3 Å². The van der Waals surface area contributed by atoms with E-state index in [0.717, 1.165) is 42.2 Å². The van der Waals surface area contributed by atoms with Gasteiger partial charge < -0.3 is 10.6 Å². The zero-order valence-electron chi connectivity index (χ0n) is 11.8. The molecule has 1 aliphatic rings. The first kappa shape index (κ1) is 13.9. The van der Waals surface area contributed by atoms with Gasteiger partial charge in [-0.3, -0.25) is 14.8 Å². The van der Waals surface area contributed by atoms with Crippen molar-refractivity contribution in [3.8, 4) is 10.6 Å². The molecule has 0 bridgehead atoms. The Balaban J connectivity index is 1.76. The third-order valence-electron chi connectivity index (χ3n) is 3.73. The first-order chi connectivity index (χ1) is 10.1. The third-order valence-corrected chi connectivity index (χ3v) is 4.58. The molecule has 0 aliphatic carbocycles. The van der Waals surface area contributed by atoms with Crippen LogP contribution in [-0.2, 0) is 4.79 Å². The van der Waals surface area contributed by atoms with Crippen molar-refractivity contribution >= 4 is 22.4 Å². The second-order valence-corrected chi connectivity index (χ2v) is 6.26. The van der Waals surface area contributed by atoms with Crippen LogP contribution in [0.3, 0.4) is 0 Å². The van der Waals surface area contributed by atoms with Gasteiger partial charge in [-0.05, 0) is 12.8 Å². The van der Waals surface area contributed by atoms with Gasteiger partial charge in [0, 0.05) is 38.3 Å². The molecule has 7 heteroatoms. The van der Waals surface area contributed by atoms with Crippen LogP contribution >= 0.6 is 11.3 Å². The predicted molar refractivity (Wildman–Crippen MR) is 81.8 cm³/mol. The van der Waals surface area contributed by atoms with Gasteiger partial charge in [-0.2, -0.15) is 0 Å². The van der Waals surface area contributed by atoms with Crippen molar-refractivity contribution in [2.24, 2.45) is 0 Å². The molecule has 1 atom stereocenters. The van der Waals surface area contributed by atoms with Gasteiger partial charge in [-0.15, -0.1) is 0 Å². The predicted octanol–water partition coefficient (Wildman–Crippen LogP) is 1.91. The Labute approximate surface area is 127 Å². The molecule has 0 radical (unpaired) electrons. The lowest BCUT2D eigenvalue weighted by Crippen LogP contribution is -2.37. The molecule has 0 saturated carbocycles. The lowest BCUT2D eigenvalue weighted by Gasteiger charge is -2.31. The van der Waals surface area contributed by atoms with E-state index in [-0.39, 0.29) is 11.8 Å². The van der Waals surface area contributed by atoms with E-state index in [0.29, 0.717) is 5.13 Å². The number of nitrogens with zero attached hydrogens (tertiary/aromatic N) is 4. The SMILES string of the molecule is CC(=O)N1CCC[C@H](c2cnc(-c3cnc(N)s3)cn2)C1. The molecular weight excluding hydrogens is 286 g/mol. The highest BCUT2D eigenvalue weighted by molar-refractivity contribution is 7.18. The van der Waals surface area contributed by atoms with E-state index in [2.05, 4.69) is 15.0 Å². The molecule has 1 fully saturated rings. The van der Waals surface area contributed by atoms with E-state index in [1.807, 2.05) is 4.90 Å². The number of piperidine rings is 1. The Morgan fingerprint density at radius 1 is 1.33 bits per heavy atom. The van der Waals surface area contributed by atoms with Gasteiger partial charge >= 0.3 is 0 Å². The van der Waals surface area contributed by atoms with E-state index in [1.54, 1.807) is 25.5 Å². The summed E-state index contributed by atoms with van der Waals surface area (Å²) >= 11 is 1.40. The monoisotopic (exact) mass is 303 g/mol. The summed E-state index contributed by atoms with van der Waals surface area (Å²) in [6.07, 6.45) is 7.33. The van der Waals surface area contributed by atoms with Gasteiger partial charge in [0.1, 0.15) is 5.69 Å². The minimum Gasteiger partial charge on any atom is -0.375 e. The number of likely N-dealkylation sites (tertiary alicyclic amines) is 1. The highest BCUT2D eigenvalue weighted by Gasteiger charge is 2.24. The minimum absolute atomic E-state index is 0.129. The summed E-state index contributed by atoms with van der Waals surface area (Å²) in [5, 5.41) is 0.528. The number of hydrogen-bond acceptors (Lipinski definition) is 6. The highest BCUT2D eigenvalue weighted by Crippen LogP contribution is 2.28. The van der Waals surface area contributed by atoms with Crippen LogP contribution in [0.25, 0.3) is 10.6 Å². The number of nitrogen functional groups attached to an aromatic ring is 1. The van der Waals surface area contributed by atoms with Gasteiger partial charge in [0.15, 0.2) is 5.13 Å². The van der Waals surface area contributed by atoms with Crippen molar-refractivity contribution in [3.05, 3.63) is 24.3 Å². The Kier molecular flexibility index (Phi) is 3.83. The fraction of sp³-hybridized carbons (Fsp3) is 0.429. The molecule has 21 heavy (non-hydrogen) atoms. The summed E-state index contributed by atoms with van der Waals surface area (Å²) < 4.78 is 0. The third kappa shape index (κ3) is 3.02. The number of anilines is 1. The standard InChI is InChI=1S/C14H17N5OS/c1-9(20)19-4-2-3-10(8-19)11-5-17-12(6-16-11)13-7-18-14(15)21-13/h5-7,10H,2-4,8H2,1H3,(H2,15,18)/t10-/m0/s1. The molecule has 1 saturated heterocycles. The van der Waals surface area contributed by atoms with Crippen molar-refractivity contribution in [3.63, 3.8) is 0 Å². The fourth-order valence-electron chi connectivity index (χ4n) is 2.59. The average Bonchev–Trinajstić information content (AvgIpc) is 2.94. The van der Waals surface area contributed by atoms with Gasteiger partial charge in [-0.25, -0.2) is 4.98 Å². The topological polar surface area (TPSA) is 85.0 Å². The van der Waals surface area contributed by atoms with Crippen molar-refractivity contribution < 1.29 is 4.79 Å². The van der Waals surface area contributed by atoms with Crippen LogP contribution in [0.1, 0.15) is 31.4 Å². The van der Waals surface area contributed by atoms with Crippen LogP contribution in [0.2, 0.25) is 0 Å². The summed E-state index contributed by atoms with van der Waals surface area (Å²) in [5.41, 5.74) is 7.36. The Morgan fingerprint density at radius 2 is 2.19 bits per heavy atom. The van der Waals surface area contributed by atoms with Gasteiger partial charge in [0.05, 0.1) is 16.8 Å². The molecule has 3 heterocycles. The maximum atomic E-state index is 11.5. The van der Waals surface area contributed by atoms with Crippen LogP contribution in [0.5, 0.6) is 0 Å². The molecule has 1 aliphatic heterocycles. The first-order valence-corrected chi connectivity index (χ1v) is 7.74. The Morgan fingerprint density at radius 3 is 2.81 bits per heavy atom. The van der Waals surface area contributed by atoms with Crippen molar-refractivity contribution in [2.75, 3.05) is 18.8 Å². The van der Waals surface area contributed by atoms with E-state index in [1.165, 1.54) is 11.3 Å². The summed E-state index contributed by atoms with van der Waals surface area (Å²) in [4.78, 5) is 27.3. The summed E-state index contributed by atoms with van der Waals surface area (Å²) in [6.45, 7) is 3.19. The lowest BCUT2D eigenvalue weighted by molar-refractivity contribution is -0.130. The number of carbonyl (C=O) groups excluding carboxylic acids is 1. The normalized spacial score (nSPS) is 18.7. The van der Waals surface area contributed by atoms with Gasteiger partial charge in [0.25, 0.3) is 0 Å². The number of aromatic nitrogens is 3. The Hall–Kier alpha value is -2.02. The van der Waals surface area contributed by atoms with Crippen LogP contribution in [0, 0.1) is 0 Å². The zero-order valence-corrected chi connectivity index (χ0v) is 12.6. The quantitative estimate of drug-likeness (QED) is 0.916. The molecule has 0 spiro atoms. The van der Waals surface area contributed by atoms with E-state index >= 15 is 0 Å². The van der Waals surface area contributed by atoms with Crippen LogP contribution in [-0.4, -0.2) is 38.8 Å². The minimum atomic E-state index is 0.129. The van der Waals surface area contributed by atoms with Crippen LogP contribution in [0.4, 0.5) is 5.13 Å². The molecule has 6 nitrogen and oxygen atoms in total. The number of carbonyl (C=O) groups is 1. The van der Waals surface area contributed by atoms with Crippen LogP contribution < -0.4 is 5.73 Å². The lowest BCUT2D eigenvalue weighted by atomic mass is 9.95. The van der Waals surface area contributed by atoms with Crippen molar-refractivity contribution in [1.82, 2.24) is 19.9 Å². The van der Waals surface area contributed by atoms with E-state index < -0.39 is 0 Å². The summed E-state index contributed by atoms with van der Waals surface area (Å²) in [6, 6.07) is 0. The maximum Gasteiger partial charge on any atom is 0.219 e. The molecule has 110 valence electrons. The zero-order chi connectivity index (χ0) is 14.8. The molecule has 2 aromatic heterocycles. The van der Waals surface area contributed by atoms with Crippen molar-refractivity contribution in [2.45, 2.75) is 25.7 Å². The first-order valence-electron chi connectivity index (χ1n) is 6.92. The molecule has 0 aromatic carbocycles. The maximum absolute atomic E-state index is 11.5. The molecule has 1 amide bonds. The molecule has 2 aromatic rings. The molecule has 3 rings (SSSR count). The second kappa shape index (κ2) is 5.77. The van der Waals surface area contributed by atoms with E-state index in [4.69, 9.17) is 5.73 Å².